The Balaban J connectivity index is 1.50. The first-order valence-electron chi connectivity index (χ1n) is 10.8. The molecule has 0 unspecified atom stereocenters. The van der Waals surface area contributed by atoms with Gasteiger partial charge in [0, 0.05) is 33.1 Å². The average molecular weight is 498 g/mol. The number of piperidine rings is 1. The van der Waals surface area contributed by atoms with Gasteiger partial charge in [0.05, 0.1) is 10.1 Å². The first kappa shape index (κ1) is 25.3. The molecule has 1 aliphatic heterocycles. The summed E-state index contributed by atoms with van der Waals surface area (Å²) in [4.78, 5) is 14.3. The van der Waals surface area contributed by atoms with Gasteiger partial charge in [0.2, 0.25) is 30.9 Å². The van der Waals surface area contributed by atoms with E-state index in [9.17, 15) is 21.6 Å². The summed E-state index contributed by atoms with van der Waals surface area (Å²) in [6.45, 7) is 6.71. The molecule has 10 nitrogen and oxygen atoms in total. The average Bonchev–Trinajstić information content (AvgIpc) is 3.20. The topological polar surface area (TPSA) is 131 Å². The molecule has 1 aliphatic rings. The number of likely N-dealkylation sites (tertiary alicyclic amines) is 1. The van der Waals surface area contributed by atoms with Gasteiger partial charge in [0.1, 0.15) is 6.33 Å². The molecule has 0 saturated carbocycles. The summed E-state index contributed by atoms with van der Waals surface area (Å²) in [5.74, 6) is -0.213. The molecule has 0 spiro atoms. The van der Waals surface area contributed by atoms with E-state index < -0.39 is 25.1 Å². The number of aromatic nitrogens is 3. The van der Waals surface area contributed by atoms with Crippen molar-refractivity contribution >= 4 is 25.8 Å². The standard InChI is InChI=1S/C21H31N5O5S2/c1-21(2,3)16-5-7-18(8-6-16)33(30,31)23-12-9-19(27)26-13-10-17(11-14-26)32(28,29)20-24-22-15-25(20)4/h5-8,15,17,23H,9-14H2,1-4H3. The number of amides is 1. The molecule has 1 N–H and O–H groups in total. The van der Waals surface area contributed by atoms with Crippen LogP contribution in [0.5, 0.6) is 0 Å². The summed E-state index contributed by atoms with van der Waals surface area (Å²) in [7, 11) is -5.76. The summed E-state index contributed by atoms with van der Waals surface area (Å²) in [5.41, 5.74) is 0.949. The van der Waals surface area contributed by atoms with E-state index in [0.717, 1.165) is 5.56 Å². The van der Waals surface area contributed by atoms with Crippen LogP contribution in [0.1, 0.15) is 45.6 Å². The van der Waals surface area contributed by atoms with Crippen LogP contribution in [0.15, 0.2) is 40.6 Å². The van der Waals surface area contributed by atoms with Crippen molar-refractivity contribution < 1.29 is 21.6 Å². The third-order valence-electron chi connectivity index (χ3n) is 5.82. The van der Waals surface area contributed by atoms with Crippen LogP contribution in [0.4, 0.5) is 0 Å². The van der Waals surface area contributed by atoms with Crippen molar-refractivity contribution in [2.75, 3.05) is 19.6 Å². The van der Waals surface area contributed by atoms with E-state index in [1.54, 1.807) is 36.2 Å². The van der Waals surface area contributed by atoms with Crippen molar-refractivity contribution in [1.82, 2.24) is 24.4 Å². The molecule has 33 heavy (non-hydrogen) atoms. The molecular weight excluding hydrogens is 466 g/mol. The maximum absolute atomic E-state index is 12.7. The van der Waals surface area contributed by atoms with Crippen LogP contribution in [0, 0.1) is 0 Å². The molecular formula is C21H31N5O5S2. The predicted molar refractivity (Wildman–Crippen MR) is 123 cm³/mol. The smallest absolute Gasteiger partial charge is 0.249 e. The Morgan fingerprint density at radius 3 is 2.21 bits per heavy atom. The molecule has 2 aromatic rings. The summed E-state index contributed by atoms with van der Waals surface area (Å²) < 4.78 is 54.4. The molecule has 1 aromatic heterocycles. The van der Waals surface area contributed by atoms with E-state index in [1.807, 2.05) is 20.8 Å². The molecule has 2 heterocycles. The second-order valence-corrected chi connectivity index (χ2v) is 13.2. The third kappa shape index (κ3) is 5.79. The van der Waals surface area contributed by atoms with Crippen molar-refractivity contribution in [3.63, 3.8) is 0 Å². The van der Waals surface area contributed by atoms with E-state index in [-0.39, 0.29) is 34.3 Å². The quantitative estimate of drug-likeness (QED) is 0.609. The number of benzene rings is 1. The van der Waals surface area contributed by atoms with E-state index >= 15 is 0 Å². The number of sulfone groups is 1. The summed E-state index contributed by atoms with van der Waals surface area (Å²) in [6.07, 6.45) is 1.94. The van der Waals surface area contributed by atoms with Crippen molar-refractivity contribution in [2.45, 2.75) is 60.8 Å². The highest BCUT2D eigenvalue weighted by atomic mass is 32.2. The van der Waals surface area contributed by atoms with Gasteiger partial charge in [-0.1, -0.05) is 32.9 Å². The zero-order valence-electron chi connectivity index (χ0n) is 19.4. The SMILES string of the molecule is Cn1cnnc1S(=O)(=O)C1CCN(C(=O)CCNS(=O)(=O)c2ccc(C(C)(C)C)cc2)CC1. The number of nitrogens with one attached hydrogen (secondary N) is 1. The normalized spacial score (nSPS) is 16.2. The minimum absolute atomic E-state index is 0.00000740. The molecule has 0 atom stereocenters. The van der Waals surface area contributed by atoms with Crippen LogP contribution in [0.2, 0.25) is 0 Å². The maximum atomic E-state index is 12.7. The lowest BCUT2D eigenvalue weighted by Crippen LogP contribution is -2.43. The van der Waals surface area contributed by atoms with Gasteiger partial charge in [-0.3, -0.25) is 4.79 Å². The third-order valence-corrected chi connectivity index (χ3v) is 9.52. The largest absolute Gasteiger partial charge is 0.343 e. The Morgan fingerprint density at radius 2 is 1.70 bits per heavy atom. The molecule has 0 aliphatic carbocycles. The Kier molecular flexibility index (Phi) is 7.30. The van der Waals surface area contributed by atoms with E-state index in [0.29, 0.717) is 25.9 Å². The summed E-state index contributed by atoms with van der Waals surface area (Å²) in [5, 5.41) is 6.63. The molecule has 12 heteroatoms. The number of hydrogen-bond donors (Lipinski definition) is 1. The van der Waals surface area contributed by atoms with Crippen LogP contribution < -0.4 is 4.72 Å². The number of carbonyl (C=O) groups excluding carboxylic acids is 1. The number of nitrogens with zero attached hydrogens (tertiary/aromatic N) is 4. The highest BCUT2D eigenvalue weighted by Crippen LogP contribution is 2.24. The lowest BCUT2D eigenvalue weighted by atomic mass is 9.87. The fraction of sp³-hybridized carbons (Fsp3) is 0.571. The number of carbonyl (C=O) groups is 1. The van der Waals surface area contributed by atoms with Crippen molar-refractivity contribution in [1.29, 1.82) is 0 Å². The first-order chi connectivity index (χ1) is 15.3. The molecule has 1 amide bonds. The second-order valence-electron chi connectivity index (χ2n) is 9.27. The monoisotopic (exact) mass is 497 g/mol. The number of hydrogen-bond acceptors (Lipinski definition) is 7. The van der Waals surface area contributed by atoms with Gasteiger partial charge in [-0.2, -0.15) is 0 Å². The van der Waals surface area contributed by atoms with Gasteiger partial charge in [-0.05, 0) is 36.0 Å². The molecule has 182 valence electrons. The maximum Gasteiger partial charge on any atom is 0.249 e. The molecule has 0 radical (unpaired) electrons. The Bertz CT molecular complexity index is 1190. The molecule has 1 saturated heterocycles. The van der Waals surface area contributed by atoms with Gasteiger partial charge in [-0.15, -0.1) is 10.2 Å². The fourth-order valence-electron chi connectivity index (χ4n) is 3.76. The van der Waals surface area contributed by atoms with E-state index in [4.69, 9.17) is 0 Å². The van der Waals surface area contributed by atoms with Crippen LogP contribution in [0.25, 0.3) is 0 Å². The van der Waals surface area contributed by atoms with Gasteiger partial charge in [0.25, 0.3) is 0 Å². The Hall–Kier alpha value is -2.31. The molecule has 3 rings (SSSR count). The summed E-state index contributed by atoms with van der Waals surface area (Å²) in [6, 6.07) is 6.71. The number of sulfonamides is 1. The second kappa shape index (κ2) is 9.51. The zero-order valence-corrected chi connectivity index (χ0v) is 21.0. The van der Waals surface area contributed by atoms with E-state index in [2.05, 4.69) is 14.9 Å². The van der Waals surface area contributed by atoms with Crippen molar-refractivity contribution in [2.24, 2.45) is 7.05 Å². The van der Waals surface area contributed by atoms with Crippen LogP contribution in [-0.2, 0) is 37.1 Å². The highest BCUT2D eigenvalue weighted by molar-refractivity contribution is 7.91. The minimum atomic E-state index is -3.72. The highest BCUT2D eigenvalue weighted by Gasteiger charge is 2.35. The van der Waals surface area contributed by atoms with E-state index in [1.165, 1.54) is 10.9 Å². The van der Waals surface area contributed by atoms with Crippen molar-refractivity contribution in [3.05, 3.63) is 36.2 Å². The Labute approximate surface area is 195 Å². The lowest BCUT2D eigenvalue weighted by molar-refractivity contribution is -0.131. The number of rotatable bonds is 7. The van der Waals surface area contributed by atoms with Gasteiger partial charge < -0.3 is 9.47 Å². The first-order valence-corrected chi connectivity index (χ1v) is 13.8. The lowest BCUT2D eigenvalue weighted by Gasteiger charge is -2.31. The van der Waals surface area contributed by atoms with Crippen LogP contribution in [0.3, 0.4) is 0 Å². The number of aryl methyl sites for hydroxylation is 1. The molecule has 1 aromatic carbocycles. The van der Waals surface area contributed by atoms with Gasteiger partial charge >= 0.3 is 0 Å². The zero-order chi connectivity index (χ0) is 24.4. The predicted octanol–water partition coefficient (Wildman–Crippen LogP) is 1.25. The molecule has 1 fully saturated rings. The van der Waals surface area contributed by atoms with Crippen LogP contribution in [-0.4, -0.2) is 67.3 Å². The fourth-order valence-corrected chi connectivity index (χ4v) is 6.53. The Morgan fingerprint density at radius 1 is 1.09 bits per heavy atom. The minimum Gasteiger partial charge on any atom is -0.343 e. The summed E-state index contributed by atoms with van der Waals surface area (Å²) >= 11 is 0. The van der Waals surface area contributed by atoms with Crippen LogP contribution >= 0.6 is 0 Å². The van der Waals surface area contributed by atoms with Crippen molar-refractivity contribution in [3.8, 4) is 0 Å². The van der Waals surface area contributed by atoms with Gasteiger partial charge in [0.15, 0.2) is 0 Å². The molecule has 0 bridgehead atoms. The van der Waals surface area contributed by atoms with Gasteiger partial charge in [-0.25, -0.2) is 21.6 Å².